The minimum atomic E-state index is -2.29. The van der Waals surface area contributed by atoms with E-state index in [2.05, 4.69) is 27.4 Å². The molecule has 41 atom stereocenters. The van der Waals surface area contributed by atoms with Crippen LogP contribution < -0.4 is 0 Å². The summed E-state index contributed by atoms with van der Waals surface area (Å²) in [5.74, 6) is 0.178. The highest BCUT2D eigenvalue weighted by atomic mass is 16.8. The summed E-state index contributed by atoms with van der Waals surface area (Å²) >= 11 is 0. The third-order valence-corrected chi connectivity index (χ3v) is 24.0. The molecule has 12 aliphatic rings. The maximum absolute atomic E-state index is 14.8. The molecular formula is C63H100O33. The zero-order valence-corrected chi connectivity index (χ0v) is 53.9. The van der Waals surface area contributed by atoms with Gasteiger partial charge < -0.3 is 158 Å². The summed E-state index contributed by atoms with van der Waals surface area (Å²) in [6.45, 7) is 8.04. The van der Waals surface area contributed by atoms with Crippen molar-refractivity contribution < 1.29 is 163 Å². The molecule has 12 rings (SSSR count). The van der Waals surface area contributed by atoms with Crippen molar-refractivity contribution in [2.75, 3.05) is 39.6 Å². The molecule has 33 heteroatoms. The molecule has 550 valence electrons. The lowest BCUT2D eigenvalue weighted by Gasteiger charge is -2.60. The van der Waals surface area contributed by atoms with Crippen molar-refractivity contribution in [2.24, 2.45) is 46.3 Å². The maximum atomic E-state index is 14.8. The fourth-order valence-corrected chi connectivity index (χ4v) is 18.2. The van der Waals surface area contributed by atoms with Gasteiger partial charge in [0.05, 0.1) is 58.0 Å². The number of Topliss-reactive ketones (excluding diaryl/α,β-unsaturated/α-hetero) is 1. The Kier molecular flexibility index (Phi) is 22.3. The summed E-state index contributed by atoms with van der Waals surface area (Å²) in [5, 5.41) is 199. The topological polar surface area (TPSA) is 510 Å². The van der Waals surface area contributed by atoms with Crippen molar-refractivity contribution in [3.63, 3.8) is 0 Å². The molecule has 0 aromatic carbocycles. The van der Waals surface area contributed by atoms with Crippen LogP contribution in [0.1, 0.15) is 85.5 Å². The Morgan fingerprint density at radius 2 is 0.938 bits per heavy atom. The molecule has 0 aromatic rings. The highest BCUT2D eigenvalue weighted by Gasteiger charge is 2.71. The molecule has 96 heavy (non-hydrogen) atoms. The van der Waals surface area contributed by atoms with Crippen molar-refractivity contribution >= 4 is 5.78 Å². The molecule has 0 aromatic heterocycles. The minimum Gasteiger partial charge on any atom is -0.394 e. The van der Waals surface area contributed by atoms with Crippen LogP contribution in [-0.4, -0.2) is 340 Å². The van der Waals surface area contributed by atoms with E-state index in [0.29, 0.717) is 44.6 Å². The van der Waals surface area contributed by atoms with Gasteiger partial charge in [0.25, 0.3) is 0 Å². The molecule has 0 bridgehead atoms. The fourth-order valence-electron chi connectivity index (χ4n) is 18.2. The molecule has 8 heterocycles. The molecule has 8 aliphatic heterocycles. The van der Waals surface area contributed by atoms with Crippen LogP contribution in [0.4, 0.5) is 0 Å². The van der Waals surface area contributed by atoms with Gasteiger partial charge >= 0.3 is 0 Å². The molecule has 4 aliphatic carbocycles. The van der Waals surface area contributed by atoms with Crippen LogP contribution in [-0.2, 0) is 71.1 Å². The smallest absolute Gasteiger partial charge is 0.191 e. The van der Waals surface area contributed by atoms with E-state index < -0.39 is 235 Å². The van der Waals surface area contributed by atoms with Gasteiger partial charge in [-0.2, -0.15) is 0 Å². The summed E-state index contributed by atoms with van der Waals surface area (Å²) < 4.78 is 85.1. The predicted molar refractivity (Wildman–Crippen MR) is 312 cm³/mol. The highest BCUT2D eigenvalue weighted by molar-refractivity contribution is 5.88. The van der Waals surface area contributed by atoms with E-state index in [1.807, 2.05) is 0 Å². The van der Waals surface area contributed by atoms with E-state index >= 15 is 0 Å². The van der Waals surface area contributed by atoms with Gasteiger partial charge in [-0.3, -0.25) is 4.79 Å². The van der Waals surface area contributed by atoms with Gasteiger partial charge in [0, 0.05) is 24.2 Å². The number of carbonyl (C=O) groups excluding carboxylic acids is 1. The second-order valence-corrected chi connectivity index (χ2v) is 29.4. The van der Waals surface area contributed by atoms with Gasteiger partial charge in [-0.15, -0.1) is 0 Å². The zero-order valence-electron chi connectivity index (χ0n) is 53.9. The summed E-state index contributed by atoms with van der Waals surface area (Å²) in [6, 6.07) is 0. The Bertz CT molecular complexity index is 2640. The molecule has 1 spiro atoms. The number of ketones is 1. The molecule has 0 amide bonds. The Morgan fingerprint density at radius 3 is 1.52 bits per heavy atom. The van der Waals surface area contributed by atoms with E-state index in [9.17, 15) is 96.7 Å². The quantitative estimate of drug-likeness (QED) is 0.0475. The van der Waals surface area contributed by atoms with E-state index in [1.54, 1.807) is 0 Å². The van der Waals surface area contributed by atoms with Gasteiger partial charge in [-0.05, 0) is 92.4 Å². The van der Waals surface area contributed by atoms with Crippen LogP contribution in [0.2, 0.25) is 0 Å². The Morgan fingerprint density at radius 1 is 0.458 bits per heavy atom. The lowest BCUT2D eigenvalue weighted by atomic mass is 9.44. The average Bonchev–Trinajstić information content (AvgIpc) is 1.50. The molecule has 33 nitrogen and oxygen atoms in total. The summed E-state index contributed by atoms with van der Waals surface area (Å²) in [4.78, 5) is 14.8. The van der Waals surface area contributed by atoms with Crippen molar-refractivity contribution in [2.45, 2.75) is 288 Å². The number of hydrogen-bond donors (Lipinski definition) is 18. The SMILES string of the molecule is C=C1[C@H]2[C@H](C[C@H]3[C@@H]4CC[C@H]5C[C@@H](O[C@@H]6O[C@H](CO)[C@H](O[C@@H]7O[C@H](CO)[C@@H](O)[C@H](O[C@@H]8O[C@H](CO)[C@@H](O[C@@H]9O[C@@H](C)[C@H](O)[C@@H](O)[C@H]9O)[C@H](O)[C@H]8O)[C@H]7O[C@@H]7O[C@H](CO)[C@@H](O)[C@H](O[C@@H]8O[C@H](CO)[C@@H](O)[C@H](O)[C@H]8O)[C@H]7O)[C@H](O)[C@H]6O)CC[C@]5(C)[C@H]4CC(=O)[C@@]32C)O[C@]12CC[C@@H](C)CO2. The zero-order chi connectivity index (χ0) is 69.1. The standard InChI is InChI=1S/C63H100O33/c1-21-8-11-63(83-20-21)22(2)36-29(96-63)13-28-26-7-6-24-12-25(9-10-61(24,4)27(26)14-35(69)62(28,36)5)85-56-47(80)43(76)51(34(19-68)89-56)92-60-54(95-59-49(82)52(39(72)31(16-65)87-59)93-57-46(79)42(75)38(71)30(15-64)86-57)53(40(73)32(17-66)88-60)94-58-48(81)44(77)50(33(18-67)90-58)91-55-45(78)41(74)37(70)23(3)84-55/h21,23-34,36-60,64-68,70-82H,2,6-20H2,1,3-5H3/t21-,23+,24+,25+,26-,27+,28+,29+,30-,31-,32-,33-,34-,36+,37+,38-,39-,40-,41-,42+,43-,44-,45-,46-,47-,48-,49-,50-,51+,52+,53+,54-,55+,56-,57+,58+,59+,60+,61+,62-,63-/m1/s1. The van der Waals surface area contributed by atoms with Crippen molar-refractivity contribution in [3.8, 4) is 0 Å². The second-order valence-electron chi connectivity index (χ2n) is 29.4. The van der Waals surface area contributed by atoms with Crippen LogP contribution in [0.25, 0.3) is 0 Å². The number of hydrogen-bond acceptors (Lipinski definition) is 33. The largest absolute Gasteiger partial charge is 0.394 e. The molecular weight excluding hydrogens is 1280 g/mol. The number of fused-ring (bicyclic) bond motifs is 7. The van der Waals surface area contributed by atoms with Gasteiger partial charge in [0.15, 0.2) is 43.5 Å². The van der Waals surface area contributed by atoms with E-state index in [4.69, 9.17) is 66.3 Å². The fraction of sp³-hybridized carbons (Fsp3) is 0.952. The first kappa shape index (κ1) is 73.9. The second kappa shape index (κ2) is 29.0. The first-order valence-corrected chi connectivity index (χ1v) is 33.9. The van der Waals surface area contributed by atoms with Crippen LogP contribution in [0, 0.1) is 46.3 Å². The Balaban J connectivity index is 0.767. The molecule has 4 saturated carbocycles. The number of rotatable bonds is 17. The van der Waals surface area contributed by atoms with Crippen LogP contribution in [0.15, 0.2) is 12.2 Å². The maximum Gasteiger partial charge on any atom is 0.191 e. The molecule has 0 unspecified atom stereocenters. The van der Waals surface area contributed by atoms with Gasteiger partial charge in [0.2, 0.25) is 0 Å². The third kappa shape index (κ3) is 12.8. The first-order chi connectivity index (χ1) is 45.6. The lowest BCUT2D eigenvalue weighted by molar-refractivity contribution is -0.414. The van der Waals surface area contributed by atoms with Crippen molar-refractivity contribution in [1.29, 1.82) is 0 Å². The normalized spacial score (nSPS) is 56.1. The van der Waals surface area contributed by atoms with Crippen molar-refractivity contribution in [1.82, 2.24) is 0 Å². The van der Waals surface area contributed by atoms with Crippen LogP contribution in [0.5, 0.6) is 0 Å². The monoisotopic (exact) mass is 1380 g/mol. The summed E-state index contributed by atoms with van der Waals surface area (Å²) in [6.07, 6.45) is -52.1. The minimum absolute atomic E-state index is 0.0884. The molecule has 18 N–H and O–H groups in total. The van der Waals surface area contributed by atoms with Gasteiger partial charge in [-0.25, -0.2) is 0 Å². The number of aliphatic hydroxyl groups is 18. The molecule has 8 saturated heterocycles. The lowest BCUT2D eigenvalue weighted by Crippen LogP contribution is -2.69. The van der Waals surface area contributed by atoms with E-state index in [1.165, 1.54) is 6.92 Å². The summed E-state index contributed by atoms with van der Waals surface area (Å²) in [5.41, 5.74) is -0.00300. The number of ether oxygens (including phenoxy) is 14. The van der Waals surface area contributed by atoms with Crippen molar-refractivity contribution in [3.05, 3.63) is 12.2 Å². The van der Waals surface area contributed by atoms with Crippen LogP contribution in [0.3, 0.4) is 0 Å². The number of carbonyl (C=O) groups is 1. The van der Waals surface area contributed by atoms with E-state index in [-0.39, 0.29) is 46.9 Å². The Hall–Kier alpha value is -1.87. The van der Waals surface area contributed by atoms with E-state index in [0.717, 1.165) is 31.3 Å². The summed E-state index contributed by atoms with van der Waals surface area (Å²) in [7, 11) is 0. The van der Waals surface area contributed by atoms with Gasteiger partial charge in [0.1, 0.15) is 146 Å². The third-order valence-electron chi connectivity index (χ3n) is 24.0. The number of aliphatic hydroxyl groups excluding tert-OH is 18. The molecule has 0 radical (unpaired) electrons. The molecule has 12 fully saturated rings. The van der Waals surface area contributed by atoms with Crippen LogP contribution >= 0.6 is 0 Å². The predicted octanol–water partition coefficient (Wildman–Crippen LogP) is -7.13. The first-order valence-electron chi connectivity index (χ1n) is 33.9. The Labute approximate surface area is 553 Å². The van der Waals surface area contributed by atoms with Gasteiger partial charge in [-0.1, -0.05) is 27.4 Å². The highest BCUT2D eigenvalue weighted by Crippen LogP contribution is 2.70. The average molecular weight is 1390 g/mol.